The Bertz CT molecular complexity index is 734. The zero-order valence-electron chi connectivity index (χ0n) is 13.1. The third kappa shape index (κ3) is 2.71. The summed E-state index contributed by atoms with van der Waals surface area (Å²) in [6.45, 7) is 5.02. The molecule has 1 N–H and O–H groups in total. The molecule has 3 heteroatoms. The molecule has 114 valence electrons. The first kappa shape index (κ1) is 14.6. The van der Waals surface area contributed by atoms with Crippen molar-refractivity contribution in [2.24, 2.45) is 0 Å². The SMILES string of the molecule is COc1ccc(C=C2CNc3ccc(F)cc32)cc1C(C)C. The van der Waals surface area contributed by atoms with Crippen molar-refractivity contribution in [1.82, 2.24) is 0 Å². The zero-order valence-corrected chi connectivity index (χ0v) is 13.1. The number of benzene rings is 2. The molecule has 2 aromatic rings. The van der Waals surface area contributed by atoms with Crippen LogP contribution in [0.5, 0.6) is 5.75 Å². The van der Waals surface area contributed by atoms with E-state index in [2.05, 4.69) is 31.3 Å². The lowest BCUT2D eigenvalue weighted by molar-refractivity contribution is 0.407. The fourth-order valence-electron chi connectivity index (χ4n) is 2.85. The number of anilines is 1. The Hall–Kier alpha value is -2.29. The Morgan fingerprint density at radius 1 is 1.18 bits per heavy atom. The maximum Gasteiger partial charge on any atom is 0.123 e. The summed E-state index contributed by atoms with van der Waals surface area (Å²) in [5.41, 5.74) is 5.34. The van der Waals surface area contributed by atoms with Gasteiger partial charge in [-0.15, -0.1) is 0 Å². The molecule has 2 nitrogen and oxygen atoms in total. The van der Waals surface area contributed by atoms with Crippen LogP contribution in [0.25, 0.3) is 11.6 Å². The fourth-order valence-corrected chi connectivity index (χ4v) is 2.85. The van der Waals surface area contributed by atoms with E-state index in [1.54, 1.807) is 19.2 Å². The van der Waals surface area contributed by atoms with Crippen molar-refractivity contribution >= 4 is 17.3 Å². The van der Waals surface area contributed by atoms with Crippen LogP contribution in [0.15, 0.2) is 36.4 Å². The van der Waals surface area contributed by atoms with E-state index >= 15 is 0 Å². The van der Waals surface area contributed by atoms with Crippen molar-refractivity contribution in [1.29, 1.82) is 0 Å². The number of nitrogens with one attached hydrogen (secondary N) is 1. The molecular weight excluding hydrogens is 277 g/mol. The molecule has 0 bridgehead atoms. The van der Waals surface area contributed by atoms with Crippen molar-refractivity contribution in [2.45, 2.75) is 19.8 Å². The molecular formula is C19H20FNO. The Labute approximate surface area is 130 Å². The smallest absolute Gasteiger partial charge is 0.123 e. The highest BCUT2D eigenvalue weighted by atomic mass is 19.1. The van der Waals surface area contributed by atoms with Crippen LogP contribution < -0.4 is 10.1 Å². The Morgan fingerprint density at radius 2 is 2.00 bits per heavy atom. The van der Waals surface area contributed by atoms with E-state index in [9.17, 15) is 4.39 Å². The lowest BCUT2D eigenvalue weighted by atomic mass is 9.97. The quantitative estimate of drug-likeness (QED) is 0.868. The molecule has 0 atom stereocenters. The first-order chi connectivity index (χ1) is 10.6. The minimum atomic E-state index is -0.203. The van der Waals surface area contributed by atoms with Crippen LogP contribution in [-0.2, 0) is 0 Å². The Morgan fingerprint density at radius 3 is 2.73 bits per heavy atom. The second-order valence-corrected chi connectivity index (χ2v) is 5.87. The van der Waals surface area contributed by atoms with Gasteiger partial charge in [-0.3, -0.25) is 0 Å². The summed E-state index contributed by atoms with van der Waals surface area (Å²) in [5.74, 6) is 1.10. The third-order valence-electron chi connectivity index (χ3n) is 4.01. The van der Waals surface area contributed by atoms with E-state index in [4.69, 9.17) is 4.74 Å². The maximum atomic E-state index is 13.5. The van der Waals surface area contributed by atoms with Gasteiger partial charge in [0.15, 0.2) is 0 Å². The minimum Gasteiger partial charge on any atom is -0.496 e. The average molecular weight is 297 g/mol. The summed E-state index contributed by atoms with van der Waals surface area (Å²) >= 11 is 0. The van der Waals surface area contributed by atoms with E-state index < -0.39 is 0 Å². The van der Waals surface area contributed by atoms with Gasteiger partial charge in [-0.05, 0) is 59.0 Å². The molecule has 0 radical (unpaired) electrons. The van der Waals surface area contributed by atoms with Gasteiger partial charge in [0, 0.05) is 17.8 Å². The van der Waals surface area contributed by atoms with Gasteiger partial charge in [0.2, 0.25) is 0 Å². The van der Waals surface area contributed by atoms with Gasteiger partial charge >= 0.3 is 0 Å². The van der Waals surface area contributed by atoms with E-state index in [0.717, 1.165) is 34.7 Å². The number of halogens is 1. The Balaban J connectivity index is 2.01. The van der Waals surface area contributed by atoms with Gasteiger partial charge in [-0.1, -0.05) is 19.9 Å². The standard InChI is InChI=1S/C19H20FNO/c1-12(2)16-9-13(4-7-19(16)22-3)8-14-11-21-18-6-5-15(20)10-17(14)18/h4-10,12,21H,11H2,1-3H3. The van der Waals surface area contributed by atoms with E-state index in [1.807, 2.05) is 12.1 Å². The zero-order chi connectivity index (χ0) is 15.7. The highest BCUT2D eigenvalue weighted by Gasteiger charge is 2.16. The molecule has 0 fully saturated rings. The van der Waals surface area contributed by atoms with E-state index in [0.29, 0.717) is 5.92 Å². The molecule has 0 saturated carbocycles. The van der Waals surface area contributed by atoms with Gasteiger partial charge in [-0.25, -0.2) is 4.39 Å². The molecule has 22 heavy (non-hydrogen) atoms. The Kier molecular flexibility index (Phi) is 3.88. The first-order valence-electron chi connectivity index (χ1n) is 7.51. The molecule has 0 spiro atoms. The van der Waals surface area contributed by atoms with Crippen molar-refractivity contribution in [3.05, 3.63) is 58.9 Å². The maximum absolute atomic E-state index is 13.5. The second kappa shape index (κ2) is 5.84. The number of fused-ring (bicyclic) bond motifs is 1. The predicted molar refractivity (Wildman–Crippen MR) is 89.8 cm³/mol. The molecule has 0 aromatic heterocycles. The van der Waals surface area contributed by atoms with E-state index in [-0.39, 0.29) is 5.82 Å². The topological polar surface area (TPSA) is 21.3 Å². The molecule has 1 heterocycles. The number of hydrogen-bond acceptors (Lipinski definition) is 2. The summed E-state index contributed by atoms with van der Waals surface area (Å²) in [6, 6.07) is 11.0. The lowest BCUT2D eigenvalue weighted by Crippen LogP contribution is -1.95. The molecule has 3 rings (SSSR count). The van der Waals surface area contributed by atoms with Crippen LogP contribution in [0.2, 0.25) is 0 Å². The van der Waals surface area contributed by atoms with Gasteiger partial charge < -0.3 is 10.1 Å². The van der Waals surface area contributed by atoms with Crippen LogP contribution in [0, 0.1) is 5.82 Å². The number of ether oxygens (including phenoxy) is 1. The van der Waals surface area contributed by atoms with Gasteiger partial charge in [0.1, 0.15) is 11.6 Å². The average Bonchev–Trinajstić information content (AvgIpc) is 2.89. The summed E-state index contributed by atoms with van der Waals surface area (Å²) in [4.78, 5) is 0. The van der Waals surface area contributed by atoms with E-state index in [1.165, 1.54) is 11.6 Å². The second-order valence-electron chi connectivity index (χ2n) is 5.87. The molecule has 0 unspecified atom stereocenters. The summed E-state index contributed by atoms with van der Waals surface area (Å²) in [7, 11) is 1.69. The largest absolute Gasteiger partial charge is 0.496 e. The fraction of sp³-hybridized carbons (Fsp3) is 0.263. The number of rotatable bonds is 3. The summed E-state index contributed by atoms with van der Waals surface area (Å²) in [6.07, 6.45) is 2.11. The third-order valence-corrected chi connectivity index (χ3v) is 4.01. The monoisotopic (exact) mass is 297 g/mol. The number of methoxy groups -OCH3 is 1. The van der Waals surface area contributed by atoms with Crippen molar-refractivity contribution < 1.29 is 9.13 Å². The molecule has 2 aromatic carbocycles. The van der Waals surface area contributed by atoms with Crippen LogP contribution in [0.1, 0.15) is 36.5 Å². The molecule has 1 aliphatic heterocycles. The molecule has 1 aliphatic rings. The highest BCUT2D eigenvalue weighted by molar-refractivity contribution is 5.92. The van der Waals surface area contributed by atoms with Crippen molar-refractivity contribution in [3.8, 4) is 5.75 Å². The van der Waals surface area contributed by atoms with Gasteiger partial charge in [0.05, 0.1) is 7.11 Å². The van der Waals surface area contributed by atoms with Crippen LogP contribution in [0.4, 0.5) is 10.1 Å². The summed E-state index contributed by atoms with van der Waals surface area (Å²) < 4.78 is 18.9. The normalized spacial score (nSPS) is 15.0. The molecule has 0 saturated heterocycles. The van der Waals surface area contributed by atoms with Crippen LogP contribution in [-0.4, -0.2) is 13.7 Å². The first-order valence-corrected chi connectivity index (χ1v) is 7.51. The highest BCUT2D eigenvalue weighted by Crippen LogP contribution is 2.34. The predicted octanol–water partition coefficient (Wildman–Crippen LogP) is 4.92. The van der Waals surface area contributed by atoms with Crippen molar-refractivity contribution in [3.63, 3.8) is 0 Å². The van der Waals surface area contributed by atoms with Gasteiger partial charge in [0.25, 0.3) is 0 Å². The summed E-state index contributed by atoms with van der Waals surface area (Å²) in [5, 5.41) is 3.30. The molecule has 0 aliphatic carbocycles. The lowest BCUT2D eigenvalue weighted by Gasteiger charge is -2.12. The van der Waals surface area contributed by atoms with Gasteiger partial charge in [-0.2, -0.15) is 0 Å². The van der Waals surface area contributed by atoms with Crippen LogP contribution in [0.3, 0.4) is 0 Å². The minimum absolute atomic E-state index is 0.203. The molecule has 0 amide bonds. The number of hydrogen-bond donors (Lipinski definition) is 1. The van der Waals surface area contributed by atoms with Crippen LogP contribution >= 0.6 is 0 Å². The van der Waals surface area contributed by atoms with Crippen molar-refractivity contribution in [2.75, 3.05) is 19.0 Å².